The van der Waals surface area contributed by atoms with Crippen molar-refractivity contribution in [2.75, 3.05) is 50.1 Å². The lowest BCUT2D eigenvalue weighted by atomic mass is 9.73. The molecule has 0 radical (unpaired) electrons. The van der Waals surface area contributed by atoms with Crippen molar-refractivity contribution in [2.45, 2.75) is 32.6 Å². The van der Waals surface area contributed by atoms with Gasteiger partial charge in [0.1, 0.15) is 34.0 Å². The lowest BCUT2D eigenvalue weighted by Crippen LogP contribution is -2.51. The average Bonchev–Trinajstić information content (AvgIpc) is 3.40. The Bertz CT molecular complexity index is 2110. The molecule has 1 saturated heterocycles. The maximum Gasteiger partial charge on any atom is 0.319 e. The molecule has 49 heavy (non-hydrogen) atoms. The van der Waals surface area contributed by atoms with Crippen molar-refractivity contribution < 1.29 is 22.3 Å². The van der Waals surface area contributed by atoms with Gasteiger partial charge in [-0.15, -0.1) is 11.3 Å². The van der Waals surface area contributed by atoms with E-state index < -0.39 is 29.4 Å². The number of anilines is 3. The molecule has 5 N–H and O–H groups in total. The smallest absolute Gasteiger partial charge is 0.319 e. The number of nitrogens with two attached hydrogens (primary N) is 2. The summed E-state index contributed by atoms with van der Waals surface area (Å²) in [5, 5.41) is 13.3. The molecule has 1 aliphatic heterocycles. The van der Waals surface area contributed by atoms with E-state index in [2.05, 4.69) is 25.3 Å². The molecule has 0 saturated carbocycles. The van der Waals surface area contributed by atoms with E-state index in [0.29, 0.717) is 18.8 Å². The highest BCUT2D eigenvalue weighted by Crippen LogP contribution is 2.46. The molecule has 10 nitrogen and oxygen atoms in total. The molecule has 1 aliphatic rings. The number of rotatable bonds is 9. The molecule has 4 heterocycles. The third-order valence-electron chi connectivity index (χ3n) is 9.04. The van der Waals surface area contributed by atoms with Crippen LogP contribution in [0.2, 0.25) is 5.02 Å². The van der Waals surface area contributed by atoms with E-state index in [0.717, 1.165) is 17.4 Å². The third-order valence-corrected chi connectivity index (χ3v) is 10.4. The van der Waals surface area contributed by atoms with Crippen LogP contribution in [0.5, 0.6) is 6.01 Å². The SMILES string of the molecule is C[C@H](CNc1nc(OC[C@]2(C)CN(C)CC[C@@H]2C(F)F)nc2c(F)c(-c3ccc(F)c4sc(N)c(C#N)c34)c(Cl)cc12)c1nccnc1N. The van der Waals surface area contributed by atoms with Gasteiger partial charge in [-0.3, -0.25) is 4.98 Å². The maximum absolute atomic E-state index is 16.8. The number of hydrogen-bond donors (Lipinski definition) is 3. The van der Waals surface area contributed by atoms with E-state index in [1.807, 2.05) is 24.9 Å². The van der Waals surface area contributed by atoms with E-state index in [4.69, 9.17) is 27.8 Å². The highest BCUT2D eigenvalue weighted by atomic mass is 35.5. The lowest BCUT2D eigenvalue weighted by molar-refractivity contribution is -0.0679. The molecule has 0 amide bonds. The number of nitriles is 1. The van der Waals surface area contributed by atoms with Crippen LogP contribution in [0.25, 0.3) is 32.1 Å². The topological polar surface area (TPSA) is 152 Å². The van der Waals surface area contributed by atoms with Gasteiger partial charge in [-0.2, -0.15) is 15.2 Å². The maximum atomic E-state index is 16.8. The molecule has 0 bridgehead atoms. The van der Waals surface area contributed by atoms with Crippen LogP contribution in [-0.4, -0.2) is 64.6 Å². The number of aromatic nitrogens is 4. The number of nitrogens with zero attached hydrogens (tertiary/aromatic N) is 6. The van der Waals surface area contributed by atoms with Crippen molar-refractivity contribution in [1.82, 2.24) is 24.8 Å². The first-order chi connectivity index (χ1) is 23.3. The lowest BCUT2D eigenvalue weighted by Gasteiger charge is -2.44. The molecule has 3 atom stereocenters. The normalized spacial score (nSPS) is 19.0. The number of piperidine rings is 1. The number of nitrogen functional groups attached to an aromatic ring is 2. The molecular formula is C33H32ClF4N9OS. The first kappa shape index (κ1) is 34.3. The molecule has 1 fully saturated rings. The number of fused-ring (bicyclic) bond motifs is 2. The fourth-order valence-corrected chi connectivity index (χ4v) is 7.79. The van der Waals surface area contributed by atoms with Crippen LogP contribution in [0.15, 0.2) is 30.6 Å². The van der Waals surface area contributed by atoms with Crippen LogP contribution in [0.3, 0.4) is 0 Å². The summed E-state index contributed by atoms with van der Waals surface area (Å²) in [5.41, 5.74) is 11.4. The number of benzene rings is 2. The van der Waals surface area contributed by atoms with Gasteiger partial charge in [0.2, 0.25) is 6.43 Å². The summed E-state index contributed by atoms with van der Waals surface area (Å²) in [6.45, 7) is 4.52. The molecule has 0 aliphatic carbocycles. The van der Waals surface area contributed by atoms with Gasteiger partial charge in [0.15, 0.2) is 5.82 Å². The molecule has 2 aromatic carbocycles. The number of likely N-dealkylation sites (tertiary alicyclic amines) is 1. The largest absolute Gasteiger partial charge is 0.463 e. The minimum atomic E-state index is -2.56. The molecule has 0 unspecified atom stereocenters. The Hall–Kier alpha value is -4.52. The summed E-state index contributed by atoms with van der Waals surface area (Å²) < 4.78 is 66.0. The van der Waals surface area contributed by atoms with Crippen LogP contribution in [0, 0.1) is 34.3 Å². The van der Waals surface area contributed by atoms with Crippen LogP contribution in [-0.2, 0) is 0 Å². The zero-order valence-corrected chi connectivity index (χ0v) is 28.3. The van der Waals surface area contributed by atoms with Gasteiger partial charge in [-0.1, -0.05) is 31.5 Å². The quantitative estimate of drug-likeness (QED) is 0.135. The highest BCUT2D eigenvalue weighted by molar-refractivity contribution is 7.23. The minimum absolute atomic E-state index is 0.00400. The zero-order chi connectivity index (χ0) is 35.2. The predicted octanol–water partition coefficient (Wildman–Crippen LogP) is 7.09. The molecule has 0 spiro atoms. The Kier molecular flexibility index (Phi) is 9.40. The summed E-state index contributed by atoms with van der Waals surface area (Å²) in [4.78, 5) is 19.3. The van der Waals surface area contributed by atoms with Crippen LogP contribution < -0.4 is 21.5 Å². The molecule has 5 aromatic rings. The number of nitrogens with one attached hydrogen (secondary N) is 1. The first-order valence-electron chi connectivity index (χ1n) is 15.3. The molecule has 6 rings (SSSR count). The Morgan fingerprint density at radius 3 is 2.69 bits per heavy atom. The average molecular weight is 714 g/mol. The Morgan fingerprint density at radius 2 is 1.98 bits per heavy atom. The van der Waals surface area contributed by atoms with E-state index in [1.165, 1.54) is 24.5 Å². The van der Waals surface area contributed by atoms with Crippen molar-refractivity contribution in [1.29, 1.82) is 5.26 Å². The van der Waals surface area contributed by atoms with E-state index in [9.17, 15) is 18.4 Å². The van der Waals surface area contributed by atoms with E-state index >= 15 is 4.39 Å². The highest BCUT2D eigenvalue weighted by Gasteiger charge is 2.44. The summed E-state index contributed by atoms with van der Waals surface area (Å²) in [6.07, 6.45) is 0.714. The summed E-state index contributed by atoms with van der Waals surface area (Å²) in [5.74, 6) is -2.31. The zero-order valence-electron chi connectivity index (χ0n) is 26.7. The summed E-state index contributed by atoms with van der Waals surface area (Å²) in [6, 6.07) is 5.67. The Morgan fingerprint density at radius 1 is 1.22 bits per heavy atom. The van der Waals surface area contributed by atoms with Crippen molar-refractivity contribution >= 4 is 60.6 Å². The second kappa shape index (κ2) is 13.4. The first-order valence-corrected chi connectivity index (χ1v) is 16.5. The van der Waals surface area contributed by atoms with Gasteiger partial charge in [0.25, 0.3) is 0 Å². The Balaban J connectivity index is 1.47. The second-order valence-corrected chi connectivity index (χ2v) is 14.0. The number of hydrogen-bond acceptors (Lipinski definition) is 11. The van der Waals surface area contributed by atoms with Crippen LogP contribution in [0.1, 0.15) is 37.4 Å². The van der Waals surface area contributed by atoms with Gasteiger partial charge in [0.05, 0.1) is 27.6 Å². The van der Waals surface area contributed by atoms with Gasteiger partial charge in [0, 0.05) is 59.1 Å². The van der Waals surface area contributed by atoms with Crippen LogP contribution in [0.4, 0.5) is 34.2 Å². The van der Waals surface area contributed by atoms with Gasteiger partial charge in [-0.25, -0.2) is 22.5 Å². The van der Waals surface area contributed by atoms with Crippen molar-refractivity contribution in [3.63, 3.8) is 0 Å². The molecule has 3 aromatic heterocycles. The van der Waals surface area contributed by atoms with Crippen molar-refractivity contribution in [2.24, 2.45) is 11.3 Å². The van der Waals surface area contributed by atoms with E-state index in [-0.39, 0.29) is 90.8 Å². The molecule has 16 heteroatoms. The minimum Gasteiger partial charge on any atom is -0.463 e. The Labute approximate surface area is 288 Å². The fourth-order valence-electron chi connectivity index (χ4n) is 6.55. The molecular weight excluding hydrogens is 682 g/mol. The monoisotopic (exact) mass is 713 g/mol. The predicted molar refractivity (Wildman–Crippen MR) is 183 cm³/mol. The van der Waals surface area contributed by atoms with Crippen molar-refractivity contribution in [3.8, 4) is 23.2 Å². The standard InChI is InChI=1S/C33H32ClF4N9OS/c1-15(25-29(40)43-8-7-42-25)12-44-31-17-10-20(34)23(16-4-5-21(35)27-22(16)18(11-39)30(41)49-27)24(36)26(17)45-32(46-31)48-14-33(2)13-47(3)9-6-19(33)28(37)38/h4-5,7-8,10,15,19,28H,6,9,12-14,41H2,1-3H3,(H2,40,43)(H,44,45,46)/t15-,19-,33+/m1/s1. The van der Waals surface area contributed by atoms with Gasteiger partial charge < -0.3 is 26.4 Å². The van der Waals surface area contributed by atoms with Gasteiger partial charge in [-0.05, 0) is 37.7 Å². The number of halogens is 5. The summed E-state index contributed by atoms with van der Waals surface area (Å²) >= 11 is 7.62. The van der Waals surface area contributed by atoms with E-state index in [1.54, 1.807) is 6.92 Å². The van der Waals surface area contributed by atoms with Crippen molar-refractivity contribution in [3.05, 3.63) is 58.5 Å². The fraction of sp³-hybridized carbons (Fsp3) is 0.364. The molecule has 256 valence electrons. The third kappa shape index (κ3) is 6.36. The number of alkyl halides is 2. The second-order valence-electron chi connectivity index (χ2n) is 12.6. The van der Waals surface area contributed by atoms with Crippen LogP contribution >= 0.6 is 22.9 Å². The number of ether oxygens (including phenoxy) is 1. The summed E-state index contributed by atoms with van der Waals surface area (Å²) in [7, 11) is 1.85. The van der Waals surface area contributed by atoms with Gasteiger partial charge >= 0.3 is 6.01 Å². The number of thiophene rings is 1.